The van der Waals surface area contributed by atoms with Gasteiger partial charge < -0.3 is 10.5 Å². The van der Waals surface area contributed by atoms with Crippen LogP contribution in [0.2, 0.25) is 0 Å². The third-order valence-corrected chi connectivity index (χ3v) is 3.05. The monoisotopic (exact) mass is 362 g/mol. The van der Waals surface area contributed by atoms with Gasteiger partial charge in [0.2, 0.25) is 0 Å². The second-order valence-corrected chi connectivity index (χ2v) is 4.46. The zero-order valence-corrected chi connectivity index (χ0v) is 11.4. The summed E-state index contributed by atoms with van der Waals surface area (Å²) in [6.45, 7) is 0. The van der Waals surface area contributed by atoms with Crippen molar-refractivity contribution in [3.63, 3.8) is 0 Å². The largest absolute Gasteiger partial charge is 0.464 e. The maximum atomic E-state index is 13.9. The first-order valence-electron chi connectivity index (χ1n) is 4.78. The van der Waals surface area contributed by atoms with Gasteiger partial charge in [-0.2, -0.15) is 5.10 Å². The fourth-order valence-electron chi connectivity index (χ4n) is 1.28. The molecule has 0 unspecified atom stereocenters. The summed E-state index contributed by atoms with van der Waals surface area (Å²) in [5, 5.41) is 3.86. The molecular formula is C10H8FIN4O2. The summed E-state index contributed by atoms with van der Waals surface area (Å²) in [5.74, 6) is -1.35. The minimum Gasteiger partial charge on any atom is -0.464 e. The van der Waals surface area contributed by atoms with Gasteiger partial charge >= 0.3 is 5.97 Å². The Kier molecular flexibility index (Phi) is 3.45. The van der Waals surface area contributed by atoms with Crippen LogP contribution in [0.4, 0.5) is 10.1 Å². The van der Waals surface area contributed by atoms with E-state index in [1.165, 1.54) is 25.6 Å². The molecule has 2 N–H and O–H groups in total. The Morgan fingerprint density at radius 3 is 3.00 bits per heavy atom. The van der Waals surface area contributed by atoms with Crippen molar-refractivity contribution >= 4 is 34.2 Å². The number of hydrogen-bond acceptors (Lipinski definition) is 5. The average Bonchev–Trinajstić information content (AvgIpc) is 2.84. The number of nitrogens with zero attached hydrogens (tertiary/aromatic N) is 3. The second-order valence-electron chi connectivity index (χ2n) is 3.29. The van der Waals surface area contributed by atoms with E-state index in [4.69, 9.17) is 5.73 Å². The molecule has 0 radical (unpaired) electrons. The van der Waals surface area contributed by atoms with Gasteiger partial charge in [-0.25, -0.2) is 18.9 Å². The van der Waals surface area contributed by atoms with Gasteiger partial charge in [-0.15, -0.1) is 0 Å². The van der Waals surface area contributed by atoms with Crippen molar-refractivity contribution in [3.05, 3.63) is 33.5 Å². The summed E-state index contributed by atoms with van der Waals surface area (Å²) in [6, 6.07) is 1.40. The van der Waals surface area contributed by atoms with Crippen LogP contribution < -0.4 is 5.73 Å². The van der Waals surface area contributed by atoms with Gasteiger partial charge in [-0.1, -0.05) is 0 Å². The summed E-state index contributed by atoms with van der Waals surface area (Å²) in [5.41, 5.74) is 5.62. The van der Waals surface area contributed by atoms with E-state index in [-0.39, 0.29) is 17.2 Å². The maximum absolute atomic E-state index is 13.9. The number of aromatic nitrogens is 3. The summed E-state index contributed by atoms with van der Waals surface area (Å²) in [6.07, 6.45) is 2.83. The second kappa shape index (κ2) is 4.88. The molecule has 2 rings (SSSR count). The number of esters is 1. The number of ether oxygens (including phenoxy) is 1. The highest BCUT2D eigenvalue weighted by Gasteiger charge is 2.16. The summed E-state index contributed by atoms with van der Waals surface area (Å²) >= 11 is 1.88. The van der Waals surface area contributed by atoms with Crippen LogP contribution in [-0.4, -0.2) is 27.8 Å². The van der Waals surface area contributed by atoms with Crippen molar-refractivity contribution in [2.75, 3.05) is 12.8 Å². The van der Waals surface area contributed by atoms with E-state index in [0.717, 1.165) is 4.68 Å². The first kappa shape index (κ1) is 12.7. The number of pyridine rings is 1. The molecule has 6 nitrogen and oxygen atoms in total. The van der Waals surface area contributed by atoms with Crippen LogP contribution in [0.15, 0.2) is 18.5 Å². The molecule has 94 valence electrons. The number of anilines is 1. The van der Waals surface area contributed by atoms with E-state index in [0.29, 0.717) is 3.57 Å². The number of methoxy groups -OCH3 is 1. The van der Waals surface area contributed by atoms with Gasteiger partial charge in [0.15, 0.2) is 17.3 Å². The fraction of sp³-hybridized carbons (Fsp3) is 0.100. The van der Waals surface area contributed by atoms with E-state index < -0.39 is 11.8 Å². The molecule has 18 heavy (non-hydrogen) atoms. The number of rotatable bonds is 2. The fourth-order valence-corrected chi connectivity index (χ4v) is 1.66. The molecule has 2 aromatic rings. The smallest absolute Gasteiger partial charge is 0.358 e. The third-order valence-electron chi connectivity index (χ3n) is 2.19. The molecule has 0 spiro atoms. The Balaban J connectivity index is 2.47. The van der Waals surface area contributed by atoms with E-state index in [1.54, 1.807) is 0 Å². The van der Waals surface area contributed by atoms with Crippen molar-refractivity contribution < 1.29 is 13.9 Å². The first-order chi connectivity index (χ1) is 8.54. The zero-order chi connectivity index (χ0) is 13.3. The van der Waals surface area contributed by atoms with E-state index in [1.807, 2.05) is 22.6 Å². The summed E-state index contributed by atoms with van der Waals surface area (Å²) in [7, 11) is 1.24. The number of nitrogens with two attached hydrogens (primary N) is 1. The number of carbonyl (C=O) groups excluding carboxylic acids is 1. The van der Waals surface area contributed by atoms with Crippen molar-refractivity contribution in [1.82, 2.24) is 14.8 Å². The van der Waals surface area contributed by atoms with Crippen molar-refractivity contribution in [2.45, 2.75) is 0 Å². The van der Waals surface area contributed by atoms with Crippen LogP contribution in [0.3, 0.4) is 0 Å². The predicted octanol–water partition coefficient (Wildman–Crippen LogP) is 1.38. The zero-order valence-electron chi connectivity index (χ0n) is 9.22. The number of carbonyl (C=O) groups is 1. The summed E-state index contributed by atoms with van der Waals surface area (Å²) in [4.78, 5) is 15.1. The van der Waals surface area contributed by atoms with E-state index >= 15 is 0 Å². The Bertz CT molecular complexity index is 614. The summed E-state index contributed by atoms with van der Waals surface area (Å²) < 4.78 is 20.0. The van der Waals surface area contributed by atoms with Crippen LogP contribution >= 0.6 is 22.6 Å². The molecule has 2 heterocycles. The van der Waals surface area contributed by atoms with Crippen LogP contribution in [0.5, 0.6) is 0 Å². The number of nitrogen functional groups attached to an aromatic ring is 1. The van der Waals surface area contributed by atoms with Gasteiger partial charge in [0, 0.05) is 12.4 Å². The van der Waals surface area contributed by atoms with Crippen molar-refractivity contribution in [3.8, 4) is 5.82 Å². The Morgan fingerprint density at radius 1 is 1.61 bits per heavy atom. The third kappa shape index (κ3) is 2.15. The lowest BCUT2D eigenvalue weighted by atomic mass is 10.4. The molecule has 0 atom stereocenters. The number of halogens is 2. The van der Waals surface area contributed by atoms with Crippen molar-refractivity contribution in [1.29, 1.82) is 0 Å². The van der Waals surface area contributed by atoms with Crippen LogP contribution in [0, 0.1) is 9.39 Å². The normalized spacial score (nSPS) is 10.4. The molecule has 0 saturated heterocycles. The van der Waals surface area contributed by atoms with Crippen LogP contribution in [-0.2, 0) is 4.74 Å². The molecule has 0 saturated carbocycles. The van der Waals surface area contributed by atoms with Gasteiger partial charge in [-0.3, -0.25) is 0 Å². The average molecular weight is 362 g/mol. The minimum atomic E-state index is -0.679. The van der Waals surface area contributed by atoms with Gasteiger partial charge in [0.05, 0.1) is 16.4 Å². The molecule has 8 heteroatoms. The van der Waals surface area contributed by atoms with E-state index in [9.17, 15) is 9.18 Å². The molecule has 0 aliphatic rings. The Morgan fingerprint density at radius 2 is 2.33 bits per heavy atom. The highest BCUT2D eigenvalue weighted by Crippen LogP contribution is 2.21. The lowest BCUT2D eigenvalue weighted by molar-refractivity contribution is 0.0593. The molecule has 2 aromatic heterocycles. The number of hydrogen-bond donors (Lipinski definition) is 1. The van der Waals surface area contributed by atoms with Crippen molar-refractivity contribution in [2.24, 2.45) is 0 Å². The first-order valence-corrected chi connectivity index (χ1v) is 5.86. The molecule has 0 aliphatic heterocycles. The highest BCUT2D eigenvalue weighted by molar-refractivity contribution is 14.1. The minimum absolute atomic E-state index is 0.00396. The molecule has 0 amide bonds. The topological polar surface area (TPSA) is 83.0 Å². The van der Waals surface area contributed by atoms with Crippen LogP contribution in [0.25, 0.3) is 5.82 Å². The van der Waals surface area contributed by atoms with Crippen LogP contribution in [0.1, 0.15) is 10.5 Å². The molecular weight excluding hydrogens is 354 g/mol. The lowest BCUT2D eigenvalue weighted by Gasteiger charge is -2.05. The highest BCUT2D eigenvalue weighted by atomic mass is 127. The standard InChI is InChI=1S/C10H8FIN4O2/c1-18-10(17)6-2-3-16(15-6)9-7(11)8(13)5(12)4-14-9/h2-4H,1H3,(H2,13,14). The lowest BCUT2D eigenvalue weighted by Crippen LogP contribution is -2.08. The SMILES string of the molecule is COC(=O)c1ccn(-c2ncc(I)c(N)c2F)n1. The molecule has 0 aliphatic carbocycles. The maximum Gasteiger partial charge on any atom is 0.358 e. The Hall–Kier alpha value is -1.71. The Labute approximate surface area is 115 Å². The van der Waals surface area contributed by atoms with Gasteiger partial charge in [-0.05, 0) is 28.7 Å². The molecule has 0 aromatic carbocycles. The van der Waals surface area contributed by atoms with E-state index in [2.05, 4.69) is 14.8 Å². The predicted molar refractivity (Wildman–Crippen MR) is 69.8 cm³/mol. The quantitative estimate of drug-likeness (QED) is 0.645. The van der Waals surface area contributed by atoms with Gasteiger partial charge in [0.25, 0.3) is 0 Å². The van der Waals surface area contributed by atoms with Gasteiger partial charge in [0.1, 0.15) is 0 Å². The molecule has 0 fully saturated rings. The molecule has 0 bridgehead atoms.